The van der Waals surface area contributed by atoms with Gasteiger partial charge in [0.2, 0.25) is 0 Å². The lowest BCUT2D eigenvalue weighted by molar-refractivity contribution is -0.137. The Hall–Kier alpha value is -1.96. The monoisotopic (exact) mass is 320 g/mol. The van der Waals surface area contributed by atoms with E-state index in [1.54, 1.807) is 4.57 Å². The molecule has 0 aliphatic rings. The molecule has 21 heavy (non-hydrogen) atoms. The van der Waals surface area contributed by atoms with E-state index in [1.165, 1.54) is 6.07 Å². The Morgan fingerprint density at radius 2 is 2.14 bits per heavy atom. The van der Waals surface area contributed by atoms with Crippen molar-refractivity contribution in [2.75, 3.05) is 6.54 Å². The van der Waals surface area contributed by atoms with Crippen LogP contribution in [0.25, 0.3) is 11.0 Å². The molecule has 0 aliphatic heterocycles. The molecule has 9 heteroatoms. The molecule has 0 unspecified atom stereocenters. The molecule has 5 nitrogen and oxygen atoms in total. The minimum Gasteiger partial charge on any atom is -0.352 e. The summed E-state index contributed by atoms with van der Waals surface area (Å²) in [4.78, 5) is 14.7. The zero-order chi connectivity index (χ0) is 15.6. The highest BCUT2D eigenvalue weighted by molar-refractivity contribution is 6.16. The van der Waals surface area contributed by atoms with Crippen LogP contribution in [0.5, 0.6) is 0 Å². The van der Waals surface area contributed by atoms with Crippen molar-refractivity contribution in [3.05, 3.63) is 29.6 Å². The third-order valence-electron chi connectivity index (χ3n) is 2.91. The van der Waals surface area contributed by atoms with E-state index in [1.807, 2.05) is 0 Å². The number of nitrogens with one attached hydrogen (secondary N) is 1. The van der Waals surface area contributed by atoms with Gasteiger partial charge in [-0.1, -0.05) is 0 Å². The largest absolute Gasteiger partial charge is 0.416 e. The molecule has 114 valence electrons. The molecule has 3 N–H and O–H groups in total. The Kier molecular flexibility index (Phi) is 4.26. The van der Waals surface area contributed by atoms with Gasteiger partial charge in [-0.25, -0.2) is 9.78 Å². The van der Waals surface area contributed by atoms with Crippen LogP contribution in [0.4, 0.5) is 18.0 Å². The minimum atomic E-state index is -4.42. The number of halogens is 4. The number of imidazole rings is 1. The van der Waals surface area contributed by atoms with E-state index in [4.69, 9.17) is 17.3 Å². The lowest BCUT2D eigenvalue weighted by Gasteiger charge is -2.09. The maximum Gasteiger partial charge on any atom is 0.416 e. The van der Waals surface area contributed by atoms with Gasteiger partial charge >= 0.3 is 12.2 Å². The van der Waals surface area contributed by atoms with E-state index in [-0.39, 0.29) is 17.9 Å². The molecule has 1 aromatic heterocycles. The van der Waals surface area contributed by atoms with E-state index in [9.17, 15) is 18.0 Å². The van der Waals surface area contributed by atoms with Crippen LogP contribution in [0.15, 0.2) is 18.2 Å². The van der Waals surface area contributed by atoms with Crippen molar-refractivity contribution in [2.24, 2.45) is 5.73 Å². The summed E-state index contributed by atoms with van der Waals surface area (Å²) in [5, 5.41) is 2.40. The second-order valence-corrected chi connectivity index (χ2v) is 4.57. The second kappa shape index (κ2) is 5.80. The minimum absolute atomic E-state index is 0.0482. The maximum atomic E-state index is 12.7. The van der Waals surface area contributed by atoms with Crippen molar-refractivity contribution in [1.82, 2.24) is 14.9 Å². The number of amides is 2. The van der Waals surface area contributed by atoms with Crippen LogP contribution < -0.4 is 11.1 Å². The summed E-state index contributed by atoms with van der Waals surface area (Å²) in [7, 11) is 0. The summed E-state index contributed by atoms with van der Waals surface area (Å²) in [5.74, 6) is 0.476. The first-order chi connectivity index (χ1) is 9.82. The number of hydrogen-bond donors (Lipinski definition) is 2. The molecule has 0 atom stereocenters. The van der Waals surface area contributed by atoms with Gasteiger partial charge in [0.05, 0.1) is 22.5 Å². The first-order valence-corrected chi connectivity index (χ1v) is 6.52. The highest BCUT2D eigenvalue weighted by Crippen LogP contribution is 2.31. The number of carbonyl (C=O) groups excluding carboxylic acids is 1. The molecule has 0 saturated carbocycles. The molecule has 2 aromatic rings. The van der Waals surface area contributed by atoms with Crippen molar-refractivity contribution in [3.63, 3.8) is 0 Å². The number of carbonyl (C=O) groups is 1. The van der Waals surface area contributed by atoms with Crippen LogP contribution in [0.1, 0.15) is 11.4 Å². The van der Waals surface area contributed by atoms with Gasteiger partial charge in [0, 0.05) is 13.1 Å². The number of benzene rings is 1. The standard InChI is InChI=1S/C12H12ClF3N4O/c13-6-10-19-8-5-7(12(14,15)16)1-2-9(8)20(10)4-3-18-11(17)21/h1-2,5H,3-4,6H2,(H3,17,18,21). The lowest BCUT2D eigenvalue weighted by atomic mass is 10.2. The summed E-state index contributed by atoms with van der Waals surface area (Å²) >= 11 is 5.76. The Bertz CT molecular complexity index is 668. The normalized spacial score (nSPS) is 11.8. The lowest BCUT2D eigenvalue weighted by Crippen LogP contribution is -2.32. The molecule has 0 fully saturated rings. The zero-order valence-corrected chi connectivity index (χ0v) is 11.5. The first kappa shape index (κ1) is 15.4. The van der Waals surface area contributed by atoms with Gasteiger partial charge in [-0.15, -0.1) is 11.6 Å². The van der Waals surface area contributed by atoms with Gasteiger partial charge in [0.25, 0.3) is 0 Å². The van der Waals surface area contributed by atoms with Gasteiger partial charge in [-0.05, 0) is 18.2 Å². The number of primary amides is 1. The average Bonchev–Trinajstić information content (AvgIpc) is 2.74. The summed E-state index contributed by atoms with van der Waals surface area (Å²) in [6, 6.07) is 2.63. The molecule has 2 rings (SSSR count). The van der Waals surface area contributed by atoms with Crippen molar-refractivity contribution in [2.45, 2.75) is 18.6 Å². The van der Waals surface area contributed by atoms with E-state index in [0.717, 1.165) is 12.1 Å². The fourth-order valence-electron chi connectivity index (χ4n) is 2.00. The molecule has 0 radical (unpaired) electrons. The van der Waals surface area contributed by atoms with Crippen LogP contribution >= 0.6 is 11.6 Å². The number of alkyl halides is 4. The summed E-state index contributed by atoms with van der Waals surface area (Å²) < 4.78 is 39.7. The summed E-state index contributed by atoms with van der Waals surface area (Å²) in [5.41, 5.74) is 4.92. The Balaban J connectivity index is 2.38. The number of aromatic nitrogens is 2. The Labute approximate surface area is 122 Å². The Morgan fingerprint density at radius 1 is 1.43 bits per heavy atom. The molecule has 0 bridgehead atoms. The smallest absolute Gasteiger partial charge is 0.352 e. The SMILES string of the molecule is NC(=O)NCCn1c(CCl)nc2cc(C(F)(F)F)ccc21. The second-order valence-electron chi connectivity index (χ2n) is 4.31. The van der Waals surface area contributed by atoms with Crippen LogP contribution in [0.3, 0.4) is 0 Å². The van der Waals surface area contributed by atoms with Gasteiger partial charge in [0.15, 0.2) is 0 Å². The molecule has 0 spiro atoms. The van der Waals surface area contributed by atoms with Gasteiger partial charge in [0.1, 0.15) is 5.82 Å². The number of urea groups is 1. The Morgan fingerprint density at radius 3 is 2.71 bits per heavy atom. The van der Waals surface area contributed by atoms with E-state index < -0.39 is 17.8 Å². The van der Waals surface area contributed by atoms with Gasteiger partial charge in [-0.2, -0.15) is 13.2 Å². The highest BCUT2D eigenvalue weighted by atomic mass is 35.5. The summed E-state index contributed by atoms with van der Waals surface area (Å²) in [6.45, 7) is 0.540. The van der Waals surface area contributed by atoms with Crippen molar-refractivity contribution < 1.29 is 18.0 Å². The fraction of sp³-hybridized carbons (Fsp3) is 0.333. The third kappa shape index (κ3) is 3.38. The fourth-order valence-corrected chi connectivity index (χ4v) is 2.20. The topological polar surface area (TPSA) is 72.9 Å². The number of nitrogens with two attached hydrogens (primary N) is 1. The van der Waals surface area contributed by atoms with E-state index in [0.29, 0.717) is 17.9 Å². The number of hydrogen-bond acceptors (Lipinski definition) is 2. The number of nitrogens with zero attached hydrogens (tertiary/aromatic N) is 2. The van der Waals surface area contributed by atoms with Crippen molar-refractivity contribution in [1.29, 1.82) is 0 Å². The molecular formula is C12H12ClF3N4O. The van der Waals surface area contributed by atoms with Crippen LogP contribution in [0.2, 0.25) is 0 Å². The number of fused-ring (bicyclic) bond motifs is 1. The molecule has 0 aliphatic carbocycles. The summed E-state index contributed by atoms with van der Waals surface area (Å²) in [6.07, 6.45) is -4.42. The first-order valence-electron chi connectivity index (χ1n) is 5.98. The maximum absolute atomic E-state index is 12.7. The van der Waals surface area contributed by atoms with Crippen LogP contribution in [0, 0.1) is 0 Å². The molecule has 1 heterocycles. The molecule has 0 saturated heterocycles. The highest BCUT2D eigenvalue weighted by Gasteiger charge is 2.31. The van der Waals surface area contributed by atoms with Crippen molar-refractivity contribution >= 4 is 28.7 Å². The predicted molar refractivity (Wildman–Crippen MR) is 71.9 cm³/mol. The van der Waals surface area contributed by atoms with Crippen molar-refractivity contribution in [3.8, 4) is 0 Å². The quantitative estimate of drug-likeness (QED) is 0.849. The molecule has 2 amide bonds. The van der Waals surface area contributed by atoms with Gasteiger partial charge < -0.3 is 15.6 Å². The average molecular weight is 321 g/mol. The predicted octanol–water partition coefficient (Wildman–Crippen LogP) is 2.46. The zero-order valence-electron chi connectivity index (χ0n) is 10.7. The molecular weight excluding hydrogens is 309 g/mol. The van der Waals surface area contributed by atoms with Crippen LogP contribution in [-0.2, 0) is 18.6 Å². The van der Waals surface area contributed by atoms with E-state index in [2.05, 4.69) is 10.3 Å². The van der Waals surface area contributed by atoms with E-state index >= 15 is 0 Å². The van der Waals surface area contributed by atoms with Gasteiger partial charge in [-0.3, -0.25) is 0 Å². The van der Waals surface area contributed by atoms with Crippen LogP contribution in [-0.4, -0.2) is 22.1 Å². The number of rotatable bonds is 4. The molecule has 1 aromatic carbocycles. The third-order valence-corrected chi connectivity index (χ3v) is 3.15.